The van der Waals surface area contributed by atoms with Crippen LogP contribution in [0.15, 0.2) is 24.3 Å². The number of methoxy groups -OCH3 is 1. The summed E-state index contributed by atoms with van der Waals surface area (Å²) < 4.78 is 5.27. The summed E-state index contributed by atoms with van der Waals surface area (Å²) in [5.74, 6) is 0.420. The van der Waals surface area contributed by atoms with Gasteiger partial charge in [-0.2, -0.15) is 0 Å². The topological polar surface area (TPSA) is 70.7 Å². The van der Waals surface area contributed by atoms with E-state index in [0.717, 1.165) is 11.3 Å². The summed E-state index contributed by atoms with van der Waals surface area (Å²) in [6, 6.07) is 7.27. The highest BCUT2D eigenvalue weighted by Crippen LogP contribution is 2.22. The summed E-state index contributed by atoms with van der Waals surface area (Å²) in [5.41, 5.74) is 1.06. The third-order valence-corrected chi connectivity index (χ3v) is 3.88. The van der Waals surface area contributed by atoms with Gasteiger partial charge in [0, 0.05) is 13.5 Å². The van der Waals surface area contributed by atoms with Crippen LogP contribution >= 0.6 is 0 Å². The molecule has 6 heteroatoms. The highest BCUT2D eigenvalue weighted by atomic mass is 16.5. The maximum absolute atomic E-state index is 12.4. The normalized spacial score (nSPS) is 13.5. The van der Waals surface area contributed by atoms with Crippen molar-refractivity contribution in [2.45, 2.75) is 32.9 Å². The lowest BCUT2D eigenvalue weighted by Gasteiger charge is -2.27. The van der Waals surface area contributed by atoms with Crippen LogP contribution in [0.4, 0.5) is 0 Å². The van der Waals surface area contributed by atoms with Crippen molar-refractivity contribution in [3.63, 3.8) is 0 Å². The molecule has 0 spiro atoms. The van der Waals surface area contributed by atoms with Gasteiger partial charge in [0.05, 0.1) is 13.2 Å². The molecule has 0 aliphatic rings. The standard InChI is InChI=1S/C18H29N3O3/c1-12(2)17(20-13(3)22)18(23)19-11-16(21(4)5)14-8-7-9-15(10-14)24-6/h7-10,12,16-17H,11H2,1-6H3,(H,19,23)(H,20,22)/t16-,17+/m1/s1. The summed E-state index contributed by atoms with van der Waals surface area (Å²) in [5, 5.41) is 5.66. The summed E-state index contributed by atoms with van der Waals surface area (Å²) in [6.07, 6.45) is 0. The fraction of sp³-hybridized carbons (Fsp3) is 0.556. The van der Waals surface area contributed by atoms with Crippen LogP contribution in [0.25, 0.3) is 0 Å². The molecule has 0 saturated heterocycles. The number of ether oxygens (including phenoxy) is 1. The molecule has 2 atom stereocenters. The van der Waals surface area contributed by atoms with Crippen molar-refractivity contribution in [1.29, 1.82) is 0 Å². The van der Waals surface area contributed by atoms with Crippen molar-refractivity contribution in [3.05, 3.63) is 29.8 Å². The third kappa shape index (κ3) is 5.85. The molecule has 2 amide bonds. The third-order valence-electron chi connectivity index (χ3n) is 3.88. The lowest BCUT2D eigenvalue weighted by atomic mass is 10.0. The lowest BCUT2D eigenvalue weighted by Crippen LogP contribution is -2.50. The molecule has 0 saturated carbocycles. The molecule has 1 aromatic carbocycles. The molecular weight excluding hydrogens is 306 g/mol. The summed E-state index contributed by atoms with van der Waals surface area (Å²) >= 11 is 0. The highest BCUT2D eigenvalue weighted by Gasteiger charge is 2.24. The smallest absolute Gasteiger partial charge is 0.242 e. The molecule has 0 aliphatic heterocycles. The van der Waals surface area contributed by atoms with Crippen LogP contribution in [-0.2, 0) is 9.59 Å². The number of carbonyl (C=O) groups excluding carboxylic acids is 2. The van der Waals surface area contributed by atoms with E-state index in [9.17, 15) is 9.59 Å². The Hall–Kier alpha value is -2.08. The van der Waals surface area contributed by atoms with E-state index in [-0.39, 0.29) is 23.8 Å². The van der Waals surface area contributed by atoms with Gasteiger partial charge >= 0.3 is 0 Å². The van der Waals surface area contributed by atoms with Crippen LogP contribution < -0.4 is 15.4 Å². The van der Waals surface area contributed by atoms with Crippen molar-refractivity contribution in [2.24, 2.45) is 5.92 Å². The number of benzene rings is 1. The molecule has 0 fully saturated rings. The first-order valence-corrected chi connectivity index (χ1v) is 8.11. The van der Waals surface area contributed by atoms with Gasteiger partial charge in [0.15, 0.2) is 0 Å². The Labute approximate surface area is 144 Å². The minimum atomic E-state index is -0.532. The molecule has 0 unspecified atom stereocenters. The van der Waals surface area contributed by atoms with Gasteiger partial charge in [0.2, 0.25) is 11.8 Å². The van der Waals surface area contributed by atoms with E-state index in [2.05, 4.69) is 10.6 Å². The Morgan fingerprint density at radius 2 is 1.92 bits per heavy atom. The first-order valence-electron chi connectivity index (χ1n) is 8.11. The molecule has 1 aromatic rings. The Morgan fingerprint density at radius 3 is 2.42 bits per heavy atom. The Kier molecular flexibility index (Phi) is 7.71. The number of rotatable bonds is 8. The first-order chi connectivity index (χ1) is 11.3. The second-order valence-corrected chi connectivity index (χ2v) is 6.42. The van der Waals surface area contributed by atoms with Crippen molar-refractivity contribution in [3.8, 4) is 5.75 Å². The average Bonchev–Trinajstić information content (AvgIpc) is 2.52. The van der Waals surface area contributed by atoms with Crippen molar-refractivity contribution in [2.75, 3.05) is 27.7 Å². The van der Waals surface area contributed by atoms with Crippen LogP contribution in [0.3, 0.4) is 0 Å². The lowest BCUT2D eigenvalue weighted by molar-refractivity contribution is -0.129. The summed E-state index contributed by atoms with van der Waals surface area (Å²) in [4.78, 5) is 25.8. The maximum atomic E-state index is 12.4. The molecule has 24 heavy (non-hydrogen) atoms. The molecule has 134 valence electrons. The molecule has 6 nitrogen and oxygen atoms in total. The molecule has 2 N–H and O–H groups in total. The van der Waals surface area contributed by atoms with E-state index in [0.29, 0.717) is 6.54 Å². The number of amides is 2. The van der Waals surface area contributed by atoms with Gasteiger partial charge in [-0.25, -0.2) is 0 Å². The fourth-order valence-corrected chi connectivity index (χ4v) is 2.51. The zero-order valence-electron chi connectivity index (χ0n) is 15.4. The predicted molar refractivity (Wildman–Crippen MR) is 94.9 cm³/mol. The van der Waals surface area contributed by atoms with E-state index in [1.165, 1.54) is 6.92 Å². The van der Waals surface area contributed by atoms with Crippen LogP contribution in [0.2, 0.25) is 0 Å². The number of hydrogen-bond donors (Lipinski definition) is 2. The number of hydrogen-bond acceptors (Lipinski definition) is 4. The monoisotopic (exact) mass is 335 g/mol. The number of carbonyl (C=O) groups is 2. The van der Waals surface area contributed by atoms with Gasteiger partial charge in [0.25, 0.3) is 0 Å². The molecule has 0 aliphatic carbocycles. The average molecular weight is 335 g/mol. The van der Waals surface area contributed by atoms with Gasteiger partial charge in [-0.3, -0.25) is 9.59 Å². The van der Waals surface area contributed by atoms with E-state index in [1.807, 2.05) is 57.1 Å². The molecule has 1 rings (SSSR count). The van der Waals surface area contributed by atoms with Gasteiger partial charge in [-0.15, -0.1) is 0 Å². The number of likely N-dealkylation sites (N-methyl/N-ethyl adjacent to an activating group) is 1. The first kappa shape index (κ1) is 20.0. The van der Waals surface area contributed by atoms with Crippen LogP contribution in [0, 0.1) is 5.92 Å². The van der Waals surface area contributed by atoms with E-state index < -0.39 is 6.04 Å². The molecule has 0 radical (unpaired) electrons. The molecule has 0 aromatic heterocycles. The van der Waals surface area contributed by atoms with Gasteiger partial charge in [-0.05, 0) is 37.7 Å². The van der Waals surface area contributed by atoms with Gasteiger partial charge < -0.3 is 20.3 Å². The Bertz CT molecular complexity index is 558. The number of nitrogens with zero attached hydrogens (tertiary/aromatic N) is 1. The van der Waals surface area contributed by atoms with Crippen molar-refractivity contribution in [1.82, 2.24) is 15.5 Å². The van der Waals surface area contributed by atoms with Crippen molar-refractivity contribution < 1.29 is 14.3 Å². The summed E-state index contributed by atoms with van der Waals surface area (Å²) in [6.45, 7) is 5.68. The summed E-state index contributed by atoms with van der Waals surface area (Å²) in [7, 11) is 5.56. The second-order valence-electron chi connectivity index (χ2n) is 6.42. The zero-order valence-corrected chi connectivity index (χ0v) is 15.4. The van der Waals surface area contributed by atoms with Crippen LogP contribution in [-0.4, -0.2) is 50.5 Å². The largest absolute Gasteiger partial charge is 0.497 e. The van der Waals surface area contributed by atoms with E-state index in [4.69, 9.17) is 4.74 Å². The minimum Gasteiger partial charge on any atom is -0.497 e. The van der Waals surface area contributed by atoms with Crippen LogP contribution in [0.5, 0.6) is 5.75 Å². The number of nitrogens with one attached hydrogen (secondary N) is 2. The van der Waals surface area contributed by atoms with E-state index in [1.54, 1.807) is 7.11 Å². The fourth-order valence-electron chi connectivity index (χ4n) is 2.51. The van der Waals surface area contributed by atoms with Crippen molar-refractivity contribution >= 4 is 11.8 Å². The SMILES string of the molecule is COc1cccc([C@@H](CNC(=O)[C@@H](NC(C)=O)C(C)C)N(C)C)c1. The van der Waals surface area contributed by atoms with Gasteiger partial charge in [-0.1, -0.05) is 26.0 Å². The minimum absolute atomic E-state index is 0.00851. The molecular formula is C18H29N3O3. The highest BCUT2D eigenvalue weighted by molar-refractivity contribution is 5.87. The van der Waals surface area contributed by atoms with E-state index >= 15 is 0 Å². The predicted octanol–water partition coefficient (Wildman–Crippen LogP) is 1.57. The second kappa shape index (κ2) is 9.27. The molecule has 0 heterocycles. The van der Waals surface area contributed by atoms with Crippen LogP contribution in [0.1, 0.15) is 32.4 Å². The quantitative estimate of drug-likeness (QED) is 0.757. The van der Waals surface area contributed by atoms with Gasteiger partial charge in [0.1, 0.15) is 11.8 Å². The Morgan fingerprint density at radius 1 is 1.25 bits per heavy atom. The molecule has 0 bridgehead atoms. The zero-order chi connectivity index (χ0) is 18.3. The Balaban J connectivity index is 2.82. The maximum Gasteiger partial charge on any atom is 0.242 e.